The van der Waals surface area contributed by atoms with Gasteiger partial charge in [0, 0.05) is 13.2 Å². The Morgan fingerprint density at radius 1 is 1.55 bits per heavy atom. The van der Waals surface area contributed by atoms with Crippen molar-refractivity contribution in [2.75, 3.05) is 13.7 Å². The largest absolute Gasteiger partial charge is 0.395 e. The normalized spacial score (nSPS) is 15.0. The van der Waals surface area contributed by atoms with E-state index in [9.17, 15) is 0 Å². The van der Waals surface area contributed by atoms with Crippen LogP contribution in [0.3, 0.4) is 0 Å². The quantitative estimate of drug-likeness (QED) is 0.617. The van der Waals surface area contributed by atoms with Crippen LogP contribution in [0.4, 0.5) is 0 Å². The lowest BCUT2D eigenvalue weighted by atomic mass is 10.00. The molecule has 0 saturated carbocycles. The Kier molecular flexibility index (Phi) is 4.65. The van der Waals surface area contributed by atoms with E-state index >= 15 is 0 Å². The number of methoxy groups -OCH3 is 1. The molecule has 0 bridgehead atoms. The molecule has 0 aliphatic rings. The Labute approximate surface area is 68.5 Å². The van der Waals surface area contributed by atoms with Crippen LogP contribution in [-0.4, -0.2) is 30.5 Å². The summed E-state index contributed by atoms with van der Waals surface area (Å²) < 4.78 is 5.20. The summed E-state index contributed by atoms with van der Waals surface area (Å²) in [5.41, 5.74) is 5.41. The van der Waals surface area contributed by atoms with Gasteiger partial charge in [-0.05, 0) is 26.7 Å². The van der Waals surface area contributed by atoms with Crippen LogP contribution in [0.15, 0.2) is 0 Å². The maximum Gasteiger partial charge on any atom is 0.0623 e. The monoisotopic (exact) mass is 161 g/mol. The van der Waals surface area contributed by atoms with E-state index in [0.717, 1.165) is 12.8 Å². The molecule has 0 radical (unpaired) electrons. The van der Waals surface area contributed by atoms with Crippen LogP contribution in [0.25, 0.3) is 0 Å². The van der Waals surface area contributed by atoms with Gasteiger partial charge in [0.05, 0.1) is 12.2 Å². The predicted molar refractivity (Wildman–Crippen MR) is 45.4 cm³/mol. The molecule has 0 amide bonds. The molecular formula is C8H19NO2. The molecule has 0 rings (SSSR count). The van der Waals surface area contributed by atoms with Gasteiger partial charge in [-0.15, -0.1) is 0 Å². The van der Waals surface area contributed by atoms with Crippen molar-refractivity contribution in [2.45, 2.75) is 38.3 Å². The van der Waals surface area contributed by atoms with Gasteiger partial charge in [-0.2, -0.15) is 0 Å². The van der Waals surface area contributed by atoms with Crippen molar-refractivity contribution >= 4 is 0 Å². The SMILES string of the molecule is COC(C)(C)CCC(N)CO. The van der Waals surface area contributed by atoms with Gasteiger partial charge < -0.3 is 15.6 Å². The molecule has 3 heteroatoms. The lowest BCUT2D eigenvalue weighted by Crippen LogP contribution is -2.30. The molecule has 0 heterocycles. The zero-order valence-corrected chi connectivity index (χ0v) is 7.63. The summed E-state index contributed by atoms with van der Waals surface area (Å²) in [7, 11) is 1.68. The summed E-state index contributed by atoms with van der Waals surface area (Å²) in [6.45, 7) is 4.08. The highest BCUT2D eigenvalue weighted by molar-refractivity contribution is 4.71. The fourth-order valence-electron chi connectivity index (χ4n) is 0.726. The van der Waals surface area contributed by atoms with Gasteiger partial charge in [0.1, 0.15) is 0 Å². The molecule has 0 aliphatic carbocycles. The minimum absolute atomic E-state index is 0.0554. The van der Waals surface area contributed by atoms with Crippen molar-refractivity contribution in [3.05, 3.63) is 0 Å². The summed E-state index contributed by atoms with van der Waals surface area (Å²) >= 11 is 0. The van der Waals surface area contributed by atoms with Crippen molar-refractivity contribution in [2.24, 2.45) is 5.73 Å². The molecule has 0 aliphatic heterocycles. The molecule has 0 spiro atoms. The Morgan fingerprint density at radius 3 is 2.45 bits per heavy atom. The van der Waals surface area contributed by atoms with Gasteiger partial charge in [0.15, 0.2) is 0 Å². The number of hydrogen-bond donors (Lipinski definition) is 2. The van der Waals surface area contributed by atoms with E-state index in [0.29, 0.717) is 0 Å². The summed E-state index contributed by atoms with van der Waals surface area (Å²) in [6.07, 6.45) is 1.68. The van der Waals surface area contributed by atoms with Crippen molar-refractivity contribution in [3.8, 4) is 0 Å². The third-order valence-corrected chi connectivity index (χ3v) is 1.90. The lowest BCUT2D eigenvalue weighted by molar-refractivity contribution is 0.0113. The third-order valence-electron chi connectivity index (χ3n) is 1.90. The molecule has 1 unspecified atom stereocenters. The zero-order valence-electron chi connectivity index (χ0n) is 7.63. The van der Waals surface area contributed by atoms with E-state index in [1.807, 2.05) is 13.8 Å². The molecule has 0 aromatic heterocycles. The Balaban J connectivity index is 3.52. The molecule has 0 aromatic rings. The molecule has 11 heavy (non-hydrogen) atoms. The summed E-state index contributed by atoms with van der Waals surface area (Å²) in [5.74, 6) is 0. The first kappa shape index (κ1) is 10.9. The van der Waals surface area contributed by atoms with E-state index in [1.165, 1.54) is 0 Å². The number of rotatable bonds is 5. The highest BCUT2D eigenvalue weighted by Gasteiger charge is 2.16. The number of hydrogen-bond acceptors (Lipinski definition) is 3. The van der Waals surface area contributed by atoms with E-state index in [-0.39, 0.29) is 18.2 Å². The number of aliphatic hydroxyl groups excluding tert-OH is 1. The van der Waals surface area contributed by atoms with E-state index < -0.39 is 0 Å². The van der Waals surface area contributed by atoms with Crippen LogP contribution >= 0.6 is 0 Å². The topological polar surface area (TPSA) is 55.5 Å². The second-order valence-corrected chi connectivity index (χ2v) is 3.45. The summed E-state index contributed by atoms with van der Waals surface area (Å²) in [4.78, 5) is 0. The second kappa shape index (κ2) is 4.70. The minimum Gasteiger partial charge on any atom is -0.395 e. The second-order valence-electron chi connectivity index (χ2n) is 3.45. The first-order valence-electron chi connectivity index (χ1n) is 3.93. The molecule has 68 valence electrons. The van der Waals surface area contributed by atoms with Gasteiger partial charge in [0.25, 0.3) is 0 Å². The number of ether oxygens (including phenoxy) is 1. The molecule has 0 aromatic carbocycles. The van der Waals surface area contributed by atoms with E-state index in [1.54, 1.807) is 7.11 Å². The Morgan fingerprint density at radius 2 is 2.09 bits per heavy atom. The fourth-order valence-corrected chi connectivity index (χ4v) is 0.726. The maximum absolute atomic E-state index is 8.64. The summed E-state index contributed by atoms with van der Waals surface area (Å²) in [6, 6.07) is -0.107. The van der Waals surface area contributed by atoms with Crippen molar-refractivity contribution < 1.29 is 9.84 Å². The molecular weight excluding hydrogens is 142 g/mol. The Hall–Kier alpha value is -0.120. The van der Waals surface area contributed by atoms with Crippen molar-refractivity contribution in [1.82, 2.24) is 0 Å². The first-order chi connectivity index (χ1) is 5.02. The van der Waals surface area contributed by atoms with E-state index in [4.69, 9.17) is 15.6 Å². The van der Waals surface area contributed by atoms with Crippen molar-refractivity contribution in [1.29, 1.82) is 0 Å². The standard InChI is InChI=1S/C8H19NO2/c1-8(2,11-3)5-4-7(9)6-10/h7,10H,4-6,9H2,1-3H3. The number of aliphatic hydroxyl groups is 1. The van der Waals surface area contributed by atoms with Gasteiger partial charge >= 0.3 is 0 Å². The van der Waals surface area contributed by atoms with E-state index in [2.05, 4.69) is 0 Å². The van der Waals surface area contributed by atoms with Crippen LogP contribution in [0.5, 0.6) is 0 Å². The highest BCUT2D eigenvalue weighted by atomic mass is 16.5. The Bertz CT molecular complexity index is 104. The van der Waals surface area contributed by atoms with Gasteiger partial charge in [-0.1, -0.05) is 0 Å². The first-order valence-corrected chi connectivity index (χ1v) is 3.93. The molecule has 0 fully saturated rings. The predicted octanol–water partition coefficient (Wildman–Crippen LogP) is 0.511. The van der Waals surface area contributed by atoms with Crippen LogP contribution in [0, 0.1) is 0 Å². The zero-order chi connectivity index (χ0) is 8.91. The van der Waals surface area contributed by atoms with Crippen LogP contribution in [0.1, 0.15) is 26.7 Å². The van der Waals surface area contributed by atoms with Crippen LogP contribution in [0.2, 0.25) is 0 Å². The lowest BCUT2D eigenvalue weighted by Gasteiger charge is -2.23. The van der Waals surface area contributed by atoms with Gasteiger partial charge in [0.2, 0.25) is 0 Å². The molecule has 1 atom stereocenters. The third kappa shape index (κ3) is 5.18. The van der Waals surface area contributed by atoms with Crippen molar-refractivity contribution in [3.63, 3.8) is 0 Å². The molecule has 0 saturated heterocycles. The summed E-state index contributed by atoms with van der Waals surface area (Å²) in [5, 5.41) is 8.64. The number of nitrogens with two attached hydrogens (primary N) is 1. The average molecular weight is 161 g/mol. The smallest absolute Gasteiger partial charge is 0.0623 e. The van der Waals surface area contributed by atoms with Crippen LogP contribution in [-0.2, 0) is 4.74 Å². The maximum atomic E-state index is 8.64. The highest BCUT2D eigenvalue weighted by Crippen LogP contribution is 2.15. The van der Waals surface area contributed by atoms with Gasteiger partial charge in [-0.3, -0.25) is 0 Å². The average Bonchev–Trinajstić information content (AvgIpc) is 2.00. The minimum atomic E-state index is -0.118. The van der Waals surface area contributed by atoms with Gasteiger partial charge in [-0.25, -0.2) is 0 Å². The molecule has 3 nitrogen and oxygen atoms in total. The molecule has 3 N–H and O–H groups in total. The fraction of sp³-hybridized carbons (Fsp3) is 1.00. The van der Waals surface area contributed by atoms with Crippen LogP contribution < -0.4 is 5.73 Å².